The summed E-state index contributed by atoms with van der Waals surface area (Å²) in [7, 11) is 1.83. The molecule has 0 bridgehead atoms. The van der Waals surface area contributed by atoms with Crippen molar-refractivity contribution in [2.45, 2.75) is 13.8 Å². The molecule has 0 saturated heterocycles. The molecule has 0 amide bonds. The summed E-state index contributed by atoms with van der Waals surface area (Å²) < 4.78 is 3.34. The Kier molecular flexibility index (Phi) is 2.34. The van der Waals surface area contributed by atoms with Crippen LogP contribution in [-0.4, -0.2) is 9.36 Å². The first kappa shape index (κ1) is 10.5. The van der Waals surface area contributed by atoms with Gasteiger partial charge in [-0.1, -0.05) is 17.7 Å². The van der Waals surface area contributed by atoms with Crippen LogP contribution in [0.1, 0.15) is 11.3 Å². The molecule has 0 aliphatic heterocycles. The summed E-state index contributed by atoms with van der Waals surface area (Å²) in [6.45, 7) is 3.85. The van der Waals surface area contributed by atoms with Crippen molar-refractivity contribution in [1.29, 1.82) is 0 Å². The molecule has 2 aromatic rings. The Morgan fingerprint density at radius 2 is 1.69 bits per heavy atom. The molecule has 0 aliphatic rings. The van der Waals surface area contributed by atoms with E-state index in [1.807, 2.05) is 45.2 Å². The Morgan fingerprint density at radius 1 is 1.12 bits per heavy atom. The Labute approximate surface area is 93.9 Å². The highest BCUT2D eigenvalue weighted by Crippen LogP contribution is 2.11. The third-order valence-electron chi connectivity index (χ3n) is 2.88. The standard InChI is InChI=1S/C12H15N3O/c1-8-4-6-10(7-5-8)15-12(16)11(13)9(2)14(15)3/h4-7H,13H2,1-3H3. The zero-order chi connectivity index (χ0) is 11.9. The van der Waals surface area contributed by atoms with E-state index in [1.165, 1.54) is 0 Å². The SMILES string of the molecule is Cc1ccc(-n2c(=O)c(N)c(C)n2C)cc1. The van der Waals surface area contributed by atoms with E-state index in [-0.39, 0.29) is 5.56 Å². The normalized spacial score (nSPS) is 10.7. The molecule has 2 N–H and O–H groups in total. The van der Waals surface area contributed by atoms with Crippen molar-refractivity contribution >= 4 is 5.69 Å². The first-order valence-electron chi connectivity index (χ1n) is 5.13. The summed E-state index contributed by atoms with van der Waals surface area (Å²) in [6, 6.07) is 7.77. The lowest BCUT2D eigenvalue weighted by Crippen LogP contribution is -2.20. The fraction of sp³-hybridized carbons (Fsp3) is 0.250. The van der Waals surface area contributed by atoms with Crippen molar-refractivity contribution < 1.29 is 0 Å². The maximum atomic E-state index is 11.9. The average molecular weight is 217 g/mol. The molecule has 0 saturated carbocycles. The lowest BCUT2D eigenvalue weighted by Gasteiger charge is -2.08. The Hall–Kier alpha value is -1.97. The summed E-state index contributed by atoms with van der Waals surface area (Å²) >= 11 is 0. The summed E-state index contributed by atoms with van der Waals surface area (Å²) in [5.41, 5.74) is 8.64. The molecule has 1 heterocycles. The van der Waals surface area contributed by atoms with Gasteiger partial charge in [-0.2, -0.15) is 0 Å². The van der Waals surface area contributed by atoms with Gasteiger partial charge < -0.3 is 5.73 Å². The van der Waals surface area contributed by atoms with Crippen LogP contribution in [0.4, 0.5) is 5.69 Å². The smallest absolute Gasteiger partial charge is 0.294 e. The van der Waals surface area contributed by atoms with Gasteiger partial charge in [0.2, 0.25) is 0 Å². The molecule has 1 aromatic carbocycles. The van der Waals surface area contributed by atoms with Crippen molar-refractivity contribution in [3.8, 4) is 5.69 Å². The second-order valence-corrected chi connectivity index (χ2v) is 3.98. The van der Waals surface area contributed by atoms with Crippen molar-refractivity contribution in [3.63, 3.8) is 0 Å². The molecule has 0 fully saturated rings. The maximum Gasteiger partial charge on any atom is 0.294 e. The Bertz CT molecular complexity index is 576. The van der Waals surface area contributed by atoms with Gasteiger partial charge >= 0.3 is 0 Å². The third kappa shape index (κ3) is 1.43. The van der Waals surface area contributed by atoms with Crippen LogP contribution in [0.5, 0.6) is 0 Å². The Morgan fingerprint density at radius 3 is 2.12 bits per heavy atom. The molecule has 0 unspecified atom stereocenters. The lowest BCUT2D eigenvalue weighted by atomic mass is 10.2. The maximum absolute atomic E-state index is 11.9. The first-order chi connectivity index (χ1) is 7.52. The molecule has 0 aliphatic carbocycles. The van der Waals surface area contributed by atoms with Gasteiger partial charge in [-0.05, 0) is 26.0 Å². The van der Waals surface area contributed by atoms with Crippen LogP contribution in [0.2, 0.25) is 0 Å². The van der Waals surface area contributed by atoms with Gasteiger partial charge in [0.15, 0.2) is 0 Å². The minimum Gasteiger partial charge on any atom is -0.393 e. The molecule has 84 valence electrons. The van der Waals surface area contributed by atoms with E-state index >= 15 is 0 Å². The quantitative estimate of drug-likeness (QED) is 0.784. The minimum absolute atomic E-state index is 0.163. The van der Waals surface area contributed by atoms with Crippen molar-refractivity contribution in [3.05, 3.63) is 45.9 Å². The zero-order valence-corrected chi connectivity index (χ0v) is 9.69. The van der Waals surface area contributed by atoms with Gasteiger partial charge in [0, 0.05) is 7.05 Å². The molecule has 0 atom stereocenters. The van der Waals surface area contributed by atoms with Crippen LogP contribution >= 0.6 is 0 Å². The number of hydrogen-bond acceptors (Lipinski definition) is 2. The van der Waals surface area contributed by atoms with Crippen LogP contribution in [0.3, 0.4) is 0 Å². The van der Waals surface area contributed by atoms with Crippen molar-refractivity contribution in [2.24, 2.45) is 7.05 Å². The molecule has 1 aromatic heterocycles. The van der Waals surface area contributed by atoms with Crippen LogP contribution in [0.15, 0.2) is 29.1 Å². The second-order valence-electron chi connectivity index (χ2n) is 3.98. The van der Waals surface area contributed by atoms with Crippen molar-refractivity contribution in [1.82, 2.24) is 9.36 Å². The lowest BCUT2D eigenvalue weighted by molar-refractivity contribution is 0.630. The molecule has 0 spiro atoms. The largest absolute Gasteiger partial charge is 0.393 e. The monoisotopic (exact) mass is 217 g/mol. The predicted octanol–water partition coefficient (Wildman–Crippen LogP) is 1.38. The number of aryl methyl sites for hydroxylation is 1. The second kappa shape index (κ2) is 3.56. The molecular weight excluding hydrogens is 202 g/mol. The fourth-order valence-corrected chi connectivity index (χ4v) is 1.71. The van der Waals surface area contributed by atoms with E-state index in [2.05, 4.69) is 0 Å². The summed E-state index contributed by atoms with van der Waals surface area (Å²) in [5, 5.41) is 0. The van der Waals surface area contributed by atoms with Crippen LogP contribution in [0.25, 0.3) is 5.69 Å². The average Bonchev–Trinajstić information content (AvgIpc) is 2.46. The van der Waals surface area contributed by atoms with Crippen molar-refractivity contribution in [2.75, 3.05) is 5.73 Å². The number of nitrogen functional groups attached to an aromatic ring is 1. The highest BCUT2D eigenvalue weighted by atomic mass is 16.1. The van der Waals surface area contributed by atoms with E-state index < -0.39 is 0 Å². The van der Waals surface area contributed by atoms with Crippen LogP contribution in [-0.2, 0) is 7.05 Å². The van der Waals surface area contributed by atoms with Crippen LogP contribution in [0, 0.1) is 13.8 Å². The zero-order valence-electron chi connectivity index (χ0n) is 9.69. The molecule has 16 heavy (non-hydrogen) atoms. The molecule has 2 rings (SSSR count). The number of aromatic nitrogens is 2. The number of benzene rings is 1. The topological polar surface area (TPSA) is 52.9 Å². The summed E-state index contributed by atoms with van der Waals surface area (Å²) in [4.78, 5) is 11.9. The number of anilines is 1. The van der Waals surface area contributed by atoms with E-state index in [0.717, 1.165) is 16.9 Å². The minimum atomic E-state index is -0.163. The summed E-state index contributed by atoms with van der Waals surface area (Å²) in [6.07, 6.45) is 0. The van der Waals surface area contributed by atoms with Gasteiger partial charge in [-0.3, -0.25) is 9.48 Å². The van der Waals surface area contributed by atoms with Crippen LogP contribution < -0.4 is 11.3 Å². The van der Waals surface area contributed by atoms with Gasteiger partial charge in [0.05, 0.1) is 11.4 Å². The number of rotatable bonds is 1. The number of nitrogens with zero attached hydrogens (tertiary/aromatic N) is 2. The van der Waals surface area contributed by atoms with Gasteiger partial charge in [0.25, 0.3) is 5.56 Å². The van der Waals surface area contributed by atoms with Gasteiger partial charge in [-0.25, -0.2) is 4.68 Å². The fourth-order valence-electron chi connectivity index (χ4n) is 1.71. The van der Waals surface area contributed by atoms with Gasteiger partial charge in [0.1, 0.15) is 5.69 Å². The predicted molar refractivity (Wildman–Crippen MR) is 64.9 cm³/mol. The molecular formula is C12H15N3O. The summed E-state index contributed by atoms with van der Waals surface area (Å²) in [5.74, 6) is 0. The third-order valence-corrected chi connectivity index (χ3v) is 2.88. The van der Waals surface area contributed by atoms with E-state index in [9.17, 15) is 4.79 Å². The molecule has 4 heteroatoms. The number of hydrogen-bond donors (Lipinski definition) is 1. The van der Waals surface area contributed by atoms with E-state index in [1.54, 1.807) is 9.36 Å². The first-order valence-corrected chi connectivity index (χ1v) is 5.13. The van der Waals surface area contributed by atoms with E-state index in [4.69, 9.17) is 5.73 Å². The molecule has 0 radical (unpaired) electrons. The molecule has 4 nitrogen and oxygen atoms in total. The number of nitrogens with two attached hydrogens (primary N) is 1. The van der Waals surface area contributed by atoms with Gasteiger partial charge in [-0.15, -0.1) is 0 Å². The highest BCUT2D eigenvalue weighted by Gasteiger charge is 2.12. The highest BCUT2D eigenvalue weighted by molar-refractivity contribution is 5.45. The Balaban J connectivity index is 2.70. The van der Waals surface area contributed by atoms with E-state index in [0.29, 0.717) is 5.69 Å².